The first-order chi connectivity index (χ1) is 8.26. The molecule has 0 aromatic carbocycles. The third-order valence-corrected chi connectivity index (χ3v) is 8.02. The summed E-state index contributed by atoms with van der Waals surface area (Å²) in [5, 5.41) is 0. The van der Waals surface area contributed by atoms with Gasteiger partial charge in [0.05, 0.1) is 0 Å². The van der Waals surface area contributed by atoms with E-state index in [1.165, 1.54) is 18.1 Å². The van der Waals surface area contributed by atoms with Gasteiger partial charge in [0.1, 0.15) is 8.07 Å². The van der Waals surface area contributed by atoms with Gasteiger partial charge in [0.2, 0.25) is 0 Å². The predicted octanol–water partition coefficient (Wildman–Crippen LogP) is 3.48. The third kappa shape index (κ3) is 4.09. The normalized spacial score (nSPS) is 9.82. The van der Waals surface area contributed by atoms with Crippen molar-refractivity contribution in [1.82, 2.24) is 4.98 Å². The van der Waals surface area contributed by atoms with Crippen LogP contribution in [-0.2, 0) is 0 Å². The lowest BCUT2D eigenvalue weighted by Gasteiger charge is -2.19. The topological polar surface area (TPSA) is 12.9 Å². The van der Waals surface area contributed by atoms with Gasteiger partial charge in [-0.15, -0.1) is 5.54 Å². The average Bonchev–Trinajstić information content (AvgIpc) is 2.41. The second-order valence-corrected chi connectivity index (χ2v) is 9.01. The molecule has 1 aromatic rings. The minimum absolute atomic E-state index is 0.978. The highest BCUT2D eigenvalue weighted by molar-refractivity contribution is 6.87. The molecule has 17 heavy (non-hydrogen) atoms. The Hall–Kier alpha value is -1.51. The molecule has 0 aliphatic heterocycles. The van der Waals surface area contributed by atoms with Crippen LogP contribution >= 0.6 is 0 Å². The highest BCUT2D eigenvalue weighted by Gasteiger charge is 2.23. The standard InChI is InChI=1S/C15H19NSi/c1-4-17(5-2,6-3)14-8-7-9-15-10-12-16-13-11-15/h10-13H,4-6H2,1-3H3. The van der Waals surface area contributed by atoms with E-state index in [1.807, 2.05) is 12.1 Å². The fourth-order valence-electron chi connectivity index (χ4n) is 1.72. The molecule has 0 atom stereocenters. The number of rotatable bonds is 3. The van der Waals surface area contributed by atoms with Crippen molar-refractivity contribution >= 4 is 8.07 Å². The zero-order chi connectivity index (χ0) is 12.6. The van der Waals surface area contributed by atoms with Gasteiger partial charge >= 0.3 is 0 Å². The molecule has 2 heteroatoms. The molecule has 0 fully saturated rings. The quantitative estimate of drug-likeness (QED) is 0.583. The molecule has 0 unspecified atom stereocenters. The molecule has 1 aromatic heterocycles. The smallest absolute Gasteiger partial charge is 0.139 e. The van der Waals surface area contributed by atoms with Crippen LogP contribution in [-0.4, -0.2) is 13.1 Å². The molecular formula is C15H19NSi. The first-order valence-corrected chi connectivity index (χ1v) is 8.81. The molecule has 0 saturated heterocycles. The average molecular weight is 241 g/mol. The van der Waals surface area contributed by atoms with E-state index in [2.05, 4.69) is 49.1 Å². The Labute approximate surface area is 106 Å². The molecular weight excluding hydrogens is 222 g/mol. The van der Waals surface area contributed by atoms with E-state index >= 15 is 0 Å². The zero-order valence-electron chi connectivity index (χ0n) is 10.9. The monoisotopic (exact) mass is 241 g/mol. The van der Waals surface area contributed by atoms with Crippen molar-refractivity contribution in [3.63, 3.8) is 0 Å². The highest BCUT2D eigenvalue weighted by Crippen LogP contribution is 2.18. The van der Waals surface area contributed by atoms with Crippen LogP contribution < -0.4 is 0 Å². The van der Waals surface area contributed by atoms with Gasteiger partial charge in [-0.1, -0.05) is 26.7 Å². The summed E-state index contributed by atoms with van der Waals surface area (Å²) < 4.78 is 0. The number of hydrogen-bond donors (Lipinski definition) is 0. The Bertz CT molecular complexity index is 444. The van der Waals surface area contributed by atoms with Crippen LogP contribution in [0, 0.1) is 23.3 Å². The van der Waals surface area contributed by atoms with E-state index in [9.17, 15) is 0 Å². The predicted molar refractivity (Wildman–Crippen MR) is 76.1 cm³/mol. The lowest BCUT2D eigenvalue weighted by molar-refractivity contribution is 1.20. The van der Waals surface area contributed by atoms with Crippen LogP contribution in [0.2, 0.25) is 18.1 Å². The maximum absolute atomic E-state index is 3.96. The third-order valence-electron chi connectivity index (χ3n) is 3.31. The van der Waals surface area contributed by atoms with E-state index in [1.54, 1.807) is 12.4 Å². The SMILES string of the molecule is CC[Si](C#CC#Cc1ccncc1)(CC)CC. The fraction of sp³-hybridized carbons (Fsp3) is 0.400. The molecule has 0 aliphatic carbocycles. The van der Waals surface area contributed by atoms with Crippen molar-refractivity contribution in [1.29, 1.82) is 0 Å². The van der Waals surface area contributed by atoms with Gasteiger partial charge in [0.15, 0.2) is 0 Å². The van der Waals surface area contributed by atoms with E-state index in [0.717, 1.165) is 5.56 Å². The zero-order valence-corrected chi connectivity index (χ0v) is 11.9. The summed E-state index contributed by atoms with van der Waals surface area (Å²) in [6, 6.07) is 7.48. The maximum Gasteiger partial charge on any atom is 0.139 e. The summed E-state index contributed by atoms with van der Waals surface area (Å²) in [5.41, 5.74) is 4.43. The van der Waals surface area contributed by atoms with Gasteiger partial charge in [-0.05, 0) is 42.1 Å². The Morgan fingerprint density at radius 1 is 1.00 bits per heavy atom. The molecule has 1 nitrogen and oxygen atoms in total. The number of nitrogens with zero attached hydrogens (tertiary/aromatic N) is 1. The van der Waals surface area contributed by atoms with Gasteiger partial charge in [0, 0.05) is 18.0 Å². The fourth-order valence-corrected chi connectivity index (χ4v) is 4.08. The molecule has 1 rings (SSSR count). The van der Waals surface area contributed by atoms with Gasteiger partial charge in [-0.25, -0.2) is 0 Å². The van der Waals surface area contributed by atoms with Crippen LogP contribution in [0.5, 0.6) is 0 Å². The lowest BCUT2D eigenvalue weighted by Crippen LogP contribution is -2.29. The Balaban J connectivity index is 2.77. The minimum atomic E-state index is -1.33. The first kappa shape index (κ1) is 13.6. The number of pyridine rings is 1. The van der Waals surface area contributed by atoms with Crippen molar-refractivity contribution in [2.24, 2.45) is 0 Å². The molecule has 88 valence electrons. The molecule has 0 amide bonds. The molecule has 0 bridgehead atoms. The second kappa shape index (κ2) is 6.94. The highest BCUT2D eigenvalue weighted by atomic mass is 28.3. The van der Waals surface area contributed by atoms with Crippen LogP contribution in [0.25, 0.3) is 0 Å². The number of aromatic nitrogens is 1. The van der Waals surface area contributed by atoms with Crippen LogP contribution in [0.15, 0.2) is 24.5 Å². The van der Waals surface area contributed by atoms with Crippen molar-refractivity contribution in [3.05, 3.63) is 30.1 Å². The summed E-state index contributed by atoms with van der Waals surface area (Å²) in [7, 11) is -1.33. The molecule has 0 aliphatic rings. The lowest BCUT2D eigenvalue weighted by atomic mass is 10.3. The molecule has 0 spiro atoms. The Kier molecular flexibility index (Phi) is 5.53. The van der Waals surface area contributed by atoms with Crippen LogP contribution in [0.1, 0.15) is 26.3 Å². The molecule has 0 radical (unpaired) electrons. The summed E-state index contributed by atoms with van der Waals surface area (Å²) in [6.45, 7) is 6.76. The minimum Gasteiger partial charge on any atom is -0.265 e. The maximum atomic E-state index is 3.96. The first-order valence-electron chi connectivity index (χ1n) is 6.19. The molecule has 0 saturated carbocycles. The van der Waals surface area contributed by atoms with Gasteiger partial charge < -0.3 is 0 Å². The summed E-state index contributed by atoms with van der Waals surface area (Å²) in [6.07, 6.45) is 3.50. The van der Waals surface area contributed by atoms with Crippen molar-refractivity contribution in [2.45, 2.75) is 38.9 Å². The van der Waals surface area contributed by atoms with Crippen molar-refractivity contribution in [2.75, 3.05) is 0 Å². The van der Waals surface area contributed by atoms with Crippen molar-refractivity contribution in [3.8, 4) is 23.3 Å². The second-order valence-electron chi connectivity index (χ2n) is 4.08. The van der Waals surface area contributed by atoms with E-state index in [0.29, 0.717) is 0 Å². The van der Waals surface area contributed by atoms with Crippen LogP contribution in [0.4, 0.5) is 0 Å². The Morgan fingerprint density at radius 2 is 1.59 bits per heavy atom. The summed E-state index contributed by atoms with van der Waals surface area (Å²) >= 11 is 0. The largest absolute Gasteiger partial charge is 0.265 e. The summed E-state index contributed by atoms with van der Waals surface area (Å²) in [5.74, 6) is 9.06. The van der Waals surface area contributed by atoms with Gasteiger partial charge in [-0.3, -0.25) is 4.98 Å². The van der Waals surface area contributed by atoms with Gasteiger partial charge in [0.25, 0.3) is 0 Å². The molecule has 0 N–H and O–H groups in total. The van der Waals surface area contributed by atoms with E-state index < -0.39 is 8.07 Å². The summed E-state index contributed by atoms with van der Waals surface area (Å²) in [4.78, 5) is 3.96. The van der Waals surface area contributed by atoms with Crippen molar-refractivity contribution < 1.29 is 0 Å². The van der Waals surface area contributed by atoms with E-state index in [-0.39, 0.29) is 0 Å². The van der Waals surface area contributed by atoms with E-state index in [4.69, 9.17) is 0 Å². The number of hydrogen-bond acceptors (Lipinski definition) is 1. The molecule has 1 heterocycles. The Morgan fingerprint density at radius 3 is 2.12 bits per heavy atom. The van der Waals surface area contributed by atoms with Gasteiger partial charge in [-0.2, -0.15) is 0 Å². The van der Waals surface area contributed by atoms with Crippen LogP contribution in [0.3, 0.4) is 0 Å².